The van der Waals surface area contributed by atoms with Crippen molar-refractivity contribution in [3.8, 4) is 0 Å². The molecule has 0 saturated heterocycles. The molecule has 7 heteroatoms. The van der Waals surface area contributed by atoms with Crippen LogP contribution in [-0.2, 0) is 11.3 Å². The lowest BCUT2D eigenvalue weighted by Crippen LogP contribution is -2.35. The SMILES string of the molecule is Cc1cccc(Cn2c3ccccc3c3nnc(SCCCC(=O)NC(C)C(C)C)nc32)c1. The van der Waals surface area contributed by atoms with Gasteiger partial charge in [-0.25, -0.2) is 4.98 Å². The monoisotopic (exact) mass is 461 g/mol. The highest BCUT2D eigenvalue weighted by Gasteiger charge is 2.16. The van der Waals surface area contributed by atoms with Crippen molar-refractivity contribution in [3.05, 3.63) is 59.7 Å². The van der Waals surface area contributed by atoms with Crippen molar-refractivity contribution in [2.24, 2.45) is 5.92 Å². The van der Waals surface area contributed by atoms with Crippen molar-refractivity contribution in [2.45, 2.75) is 58.3 Å². The number of thioether (sulfide) groups is 1. The first-order valence-corrected chi connectivity index (χ1v) is 12.5. The first-order chi connectivity index (χ1) is 15.9. The van der Waals surface area contributed by atoms with Crippen molar-refractivity contribution in [1.82, 2.24) is 25.1 Å². The van der Waals surface area contributed by atoms with Gasteiger partial charge in [0.1, 0.15) is 5.52 Å². The average molecular weight is 462 g/mol. The maximum Gasteiger partial charge on any atom is 0.220 e. The number of aryl methyl sites for hydroxylation is 1. The Labute approximate surface area is 199 Å². The summed E-state index contributed by atoms with van der Waals surface area (Å²) in [4.78, 5) is 17.0. The normalized spacial score (nSPS) is 12.5. The lowest BCUT2D eigenvalue weighted by atomic mass is 10.1. The molecule has 172 valence electrons. The summed E-state index contributed by atoms with van der Waals surface area (Å²) in [7, 11) is 0. The number of rotatable bonds is 9. The molecule has 0 radical (unpaired) electrons. The standard InChI is InChI=1S/C26H31N5OS/c1-17(2)19(4)27-23(32)13-8-14-33-26-28-25-24(29-30-26)21-11-5-6-12-22(21)31(25)16-20-10-7-9-18(3)15-20/h5-7,9-12,15,17,19H,8,13-14,16H2,1-4H3,(H,27,32). The van der Waals surface area contributed by atoms with E-state index in [1.54, 1.807) is 11.8 Å². The van der Waals surface area contributed by atoms with Crippen LogP contribution in [0.5, 0.6) is 0 Å². The zero-order chi connectivity index (χ0) is 23.4. The second-order valence-electron chi connectivity index (χ2n) is 8.91. The van der Waals surface area contributed by atoms with Gasteiger partial charge >= 0.3 is 0 Å². The summed E-state index contributed by atoms with van der Waals surface area (Å²) in [6.45, 7) is 9.10. The van der Waals surface area contributed by atoms with Crippen LogP contribution in [0.4, 0.5) is 0 Å². The van der Waals surface area contributed by atoms with Crippen LogP contribution in [0.2, 0.25) is 0 Å². The number of fused-ring (bicyclic) bond motifs is 3. The molecule has 33 heavy (non-hydrogen) atoms. The smallest absolute Gasteiger partial charge is 0.220 e. The molecule has 2 heterocycles. The Bertz CT molecular complexity index is 1270. The van der Waals surface area contributed by atoms with Crippen LogP contribution in [0.1, 0.15) is 44.7 Å². The number of aromatic nitrogens is 4. The fourth-order valence-corrected chi connectivity index (χ4v) is 4.51. The summed E-state index contributed by atoms with van der Waals surface area (Å²) in [5.41, 5.74) is 5.24. The van der Waals surface area contributed by atoms with Gasteiger partial charge in [0.2, 0.25) is 11.1 Å². The molecule has 1 unspecified atom stereocenters. The maximum absolute atomic E-state index is 12.1. The molecule has 1 amide bonds. The fraction of sp³-hybridized carbons (Fsp3) is 0.385. The van der Waals surface area contributed by atoms with Crippen LogP contribution in [0.15, 0.2) is 53.7 Å². The molecule has 4 rings (SSSR count). The maximum atomic E-state index is 12.1. The molecule has 0 aliphatic heterocycles. The highest BCUT2D eigenvalue weighted by molar-refractivity contribution is 7.99. The second kappa shape index (κ2) is 10.3. The first-order valence-electron chi connectivity index (χ1n) is 11.5. The van der Waals surface area contributed by atoms with E-state index in [2.05, 4.69) is 77.3 Å². The van der Waals surface area contributed by atoms with Crippen molar-refractivity contribution in [3.63, 3.8) is 0 Å². The van der Waals surface area contributed by atoms with Gasteiger partial charge in [-0.3, -0.25) is 4.79 Å². The minimum atomic E-state index is 0.101. The highest BCUT2D eigenvalue weighted by Crippen LogP contribution is 2.28. The largest absolute Gasteiger partial charge is 0.353 e. The molecule has 2 aromatic heterocycles. The molecule has 4 aromatic rings. The van der Waals surface area contributed by atoms with Gasteiger partial charge in [0.05, 0.1) is 5.52 Å². The summed E-state index contributed by atoms with van der Waals surface area (Å²) in [5.74, 6) is 1.31. The Morgan fingerprint density at radius 2 is 1.91 bits per heavy atom. The van der Waals surface area contributed by atoms with E-state index in [4.69, 9.17) is 4.98 Å². The zero-order valence-electron chi connectivity index (χ0n) is 19.7. The number of benzene rings is 2. The molecule has 1 atom stereocenters. The minimum Gasteiger partial charge on any atom is -0.353 e. The lowest BCUT2D eigenvalue weighted by molar-refractivity contribution is -0.121. The molecule has 0 fully saturated rings. The van der Waals surface area contributed by atoms with Crippen LogP contribution in [-0.4, -0.2) is 37.5 Å². The number of carbonyl (C=O) groups is 1. The third kappa shape index (κ3) is 5.53. The summed E-state index contributed by atoms with van der Waals surface area (Å²) < 4.78 is 2.22. The van der Waals surface area contributed by atoms with Gasteiger partial charge in [-0.15, -0.1) is 10.2 Å². The zero-order valence-corrected chi connectivity index (χ0v) is 20.5. The van der Waals surface area contributed by atoms with Crippen molar-refractivity contribution >= 4 is 39.7 Å². The highest BCUT2D eigenvalue weighted by atomic mass is 32.2. The van der Waals surface area contributed by atoms with Crippen LogP contribution in [0.3, 0.4) is 0 Å². The Morgan fingerprint density at radius 3 is 2.70 bits per heavy atom. The van der Waals surface area contributed by atoms with Gasteiger partial charge < -0.3 is 9.88 Å². The van der Waals surface area contributed by atoms with Gasteiger partial charge in [0.15, 0.2) is 5.65 Å². The third-order valence-corrected chi connectivity index (χ3v) is 6.87. The molecule has 0 aliphatic carbocycles. The van der Waals surface area contributed by atoms with E-state index in [9.17, 15) is 4.79 Å². The number of para-hydroxylation sites is 1. The number of hydrogen-bond donors (Lipinski definition) is 1. The van der Waals surface area contributed by atoms with Gasteiger partial charge in [-0.05, 0) is 37.8 Å². The quantitative estimate of drug-likeness (QED) is 0.268. The molecular formula is C26H31N5OS. The molecule has 0 saturated carbocycles. The summed E-state index contributed by atoms with van der Waals surface area (Å²) in [6.07, 6.45) is 1.28. The number of carbonyl (C=O) groups excluding carboxylic acids is 1. The Morgan fingerprint density at radius 1 is 1.09 bits per heavy atom. The minimum absolute atomic E-state index is 0.101. The summed E-state index contributed by atoms with van der Waals surface area (Å²) in [5, 5.41) is 13.7. The van der Waals surface area contributed by atoms with E-state index >= 15 is 0 Å². The number of nitrogens with one attached hydrogen (secondary N) is 1. The van der Waals surface area contributed by atoms with E-state index < -0.39 is 0 Å². The molecule has 0 spiro atoms. The Hall–Kier alpha value is -2.93. The van der Waals surface area contributed by atoms with E-state index in [1.165, 1.54) is 11.1 Å². The summed E-state index contributed by atoms with van der Waals surface area (Å²) >= 11 is 1.55. The van der Waals surface area contributed by atoms with Gasteiger partial charge in [-0.1, -0.05) is 73.6 Å². The first kappa shape index (κ1) is 23.2. The molecule has 2 aromatic carbocycles. The van der Waals surface area contributed by atoms with E-state index in [0.29, 0.717) is 17.5 Å². The fourth-order valence-electron chi connectivity index (χ4n) is 3.79. The third-order valence-electron chi connectivity index (χ3n) is 5.95. The van der Waals surface area contributed by atoms with Gasteiger partial charge in [-0.2, -0.15) is 0 Å². The second-order valence-corrected chi connectivity index (χ2v) is 9.97. The molecular weight excluding hydrogens is 430 g/mol. The van der Waals surface area contributed by atoms with Crippen LogP contribution in [0, 0.1) is 12.8 Å². The van der Waals surface area contributed by atoms with Crippen LogP contribution >= 0.6 is 11.8 Å². The predicted molar refractivity (Wildman–Crippen MR) is 136 cm³/mol. The predicted octanol–water partition coefficient (Wildman–Crippen LogP) is 5.37. The Balaban J connectivity index is 1.51. The van der Waals surface area contributed by atoms with E-state index in [0.717, 1.165) is 40.8 Å². The molecule has 0 bridgehead atoms. The topological polar surface area (TPSA) is 72.7 Å². The number of nitrogens with zero attached hydrogens (tertiary/aromatic N) is 4. The molecule has 6 nitrogen and oxygen atoms in total. The van der Waals surface area contributed by atoms with E-state index in [1.807, 2.05) is 19.1 Å². The van der Waals surface area contributed by atoms with Crippen molar-refractivity contribution < 1.29 is 4.79 Å². The van der Waals surface area contributed by atoms with Crippen LogP contribution in [0.25, 0.3) is 22.1 Å². The average Bonchev–Trinajstić information content (AvgIpc) is 3.10. The van der Waals surface area contributed by atoms with Gasteiger partial charge in [0.25, 0.3) is 0 Å². The van der Waals surface area contributed by atoms with E-state index in [-0.39, 0.29) is 11.9 Å². The Kier molecular flexibility index (Phi) is 7.28. The van der Waals surface area contributed by atoms with Crippen molar-refractivity contribution in [1.29, 1.82) is 0 Å². The molecule has 0 aliphatic rings. The molecule has 1 N–H and O–H groups in total. The summed E-state index contributed by atoms with van der Waals surface area (Å²) in [6, 6.07) is 17.0. The van der Waals surface area contributed by atoms with Crippen molar-refractivity contribution in [2.75, 3.05) is 5.75 Å². The lowest BCUT2D eigenvalue weighted by Gasteiger charge is -2.17. The number of hydrogen-bond acceptors (Lipinski definition) is 5. The van der Waals surface area contributed by atoms with Crippen LogP contribution < -0.4 is 5.32 Å². The number of amides is 1. The van der Waals surface area contributed by atoms with Gasteiger partial charge in [0, 0.05) is 30.1 Å².